The van der Waals surface area contributed by atoms with Crippen LogP contribution in [0.1, 0.15) is 15.9 Å². The fourth-order valence-corrected chi connectivity index (χ4v) is 2.74. The summed E-state index contributed by atoms with van der Waals surface area (Å²) in [6.07, 6.45) is 1.40. The zero-order valence-electron chi connectivity index (χ0n) is 13.6. The second kappa shape index (κ2) is 8.92. The normalized spacial score (nSPS) is 10.6. The third-order valence-electron chi connectivity index (χ3n) is 3.35. The quantitative estimate of drug-likeness (QED) is 0.408. The van der Waals surface area contributed by atoms with Crippen LogP contribution in [0.25, 0.3) is 6.08 Å². The van der Waals surface area contributed by atoms with Gasteiger partial charge in [-0.1, -0.05) is 35.3 Å². The first-order valence-electron chi connectivity index (χ1n) is 7.30. The number of carbonyl (C=O) groups is 1. The summed E-state index contributed by atoms with van der Waals surface area (Å²) in [4.78, 5) is 12.6. The van der Waals surface area contributed by atoms with Gasteiger partial charge in [0.05, 0.1) is 22.7 Å². The monoisotopic (exact) mass is 386 g/mol. The molecule has 0 aliphatic carbocycles. The van der Waals surface area contributed by atoms with Crippen LogP contribution in [-0.4, -0.2) is 19.5 Å². The molecule has 0 aliphatic heterocycles. The van der Waals surface area contributed by atoms with E-state index in [1.165, 1.54) is 25.3 Å². The number of benzene rings is 2. The molecule has 0 N–H and O–H groups in total. The number of nitrogens with zero attached hydrogens (tertiary/aromatic N) is 2. The van der Waals surface area contributed by atoms with Crippen molar-refractivity contribution >= 4 is 35.1 Å². The number of ether oxygens (including phenoxy) is 2. The van der Waals surface area contributed by atoms with Gasteiger partial charge in [-0.15, -0.1) is 0 Å². The van der Waals surface area contributed by atoms with Gasteiger partial charge in [-0.05, 0) is 35.9 Å². The highest BCUT2D eigenvalue weighted by Gasteiger charge is 2.19. The Labute approximate surface area is 160 Å². The number of hydrogen-bond donors (Lipinski definition) is 0. The highest BCUT2D eigenvalue weighted by atomic mass is 35.5. The molecule has 7 heteroatoms. The van der Waals surface area contributed by atoms with E-state index in [1.807, 2.05) is 12.1 Å². The first kappa shape index (κ1) is 19.3. The first-order valence-corrected chi connectivity index (χ1v) is 8.05. The van der Waals surface area contributed by atoms with Crippen molar-refractivity contribution in [2.24, 2.45) is 0 Å². The van der Waals surface area contributed by atoms with Crippen molar-refractivity contribution in [1.29, 1.82) is 10.5 Å². The maximum atomic E-state index is 12.6. The van der Waals surface area contributed by atoms with E-state index in [0.717, 1.165) is 0 Å². The minimum atomic E-state index is -0.577. The molecule has 0 aliphatic rings. The largest absolute Gasteiger partial charge is 0.493 e. The molecule has 2 aromatic carbocycles. The Morgan fingerprint density at radius 2 is 1.85 bits per heavy atom. The van der Waals surface area contributed by atoms with Crippen LogP contribution >= 0.6 is 23.2 Å². The van der Waals surface area contributed by atoms with Crippen molar-refractivity contribution in [3.8, 4) is 23.6 Å². The molecule has 0 bridgehead atoms. The Morgan fingerprint density at radius 3 is 2.42 bits per heavy atom. The molecule has 130 valence electrons. The number of methoxy groups -OCH3 is 1. The fourth-order valence-electron chi connectivity index (χ4n) is 2.17. The second-order valence-corrected chi connectivity index (χ2v) is 5.77. The topological polar surface area (TPSA) is 83.1 Å². The van der Waals surface area contributed by atoms with Crippen LogP contribution in [0.15, 0.2) is 42.0 Å². The molecule has 2 rings (SSSR count). The van der Waals surface area contributed by atoms with Crippen LogP contribution in [-0.2, 0) is 0 Å². The van der Waals surface area contributed by atoms with Gasteiger partial charge < -0.3 is 9.47 Å². The summed E-state index contributed by atoms with van der Waals surface area (Å²) in [5, 5.41) is 18.3. The number of hydrogen-bond acceptors (Lipinski definition) is 5. The van der Waals surface area contributed by atoms with Crippen molar-refractivity contribution in [3.63, 3.8) is 0 Å². The average Bonchev–Trinajstić information content (AvgIpc) is 2.64. The lowest BCUT2D eigenvalue weighted by molar-refractivity contribution is 0.104. The summed E-state index contributed by atoms with van der Waals surface area (Å²) in [5.41, 5.74) is 0.483. The van der Waals surface area contributed by atoms with Gasteiger partial charge in [-0.2, -0.15) is 10.5 Å². The van der Waals surface area contributed by atoms with Crippen LogP contribution in [0.3, 0.4) is 0 Å². The van der Waals surface area contributed by atoms with Crippen molar-refractivity contribution < 1.29 is 14.3 Å². The van der Waals surface area contributed by atoms with Crippen molar-refractivity contribution in [1.82, 2.24) is 0 Å². The van der Waals surface area contributed by atoms with E-state index in [-0.39, 0.29) is 27.8 Å². The van der Waals surface area contributed by atoms with Crippen LogP contribution in [0.5, 0.6) is 11.5 Å². The summed E-state index contributed by atoms with van der Waals surface area (Å²) in [7, 11) is 1.45. The van der Waals surface area contributed by atoms with Crippen LogP contribution in [0.2, 0.25) is 10.0 Å². The van der Waals surface area contributed by atoms with Gasteiger partial charge in [0.25, 0.3) is 0 Å². The molecule has 0 aromatic heterocycles. The van der Waals surface area contributed by atoms with E-state index in [4.69, 9.17) is 37.9 Å². The lowest BCUT2D eigenvalue weighted by Crippen LogP contribution is -2.04. The first-order chi connectivity index (χ1) is 12.5. The summed E-state index contributed by atoms with van der Waals surface area (Å²) < 4.78 is 10.4. The van der Waals surface area contributed by atoms with Crippen molar-refractivity contribution in [2.45, 2.75) is 0 Å². The Hall–Kier alpha value is -2.99. The van der Waals surface area contributed by atoms with Gasteiger partial charge in [0.15, 0.2) is 18.1 Å². The van der Waals surface area contributed by atoms with E-state index >= 15 is 0 Å². The van der Waals surface area contributed by atoms with Crippen LogP contribution < -0.4 is 9.47 Å². The van der Waals surface area contributed by atoms with E-state index in [0.29, 0.717) is 17.1 Å². The van der Waals surface area contributed by atoms with Gasteiger partial charge >= 0.3 is 0 Å². The molecule has 0 unspecified atom stereocenters. The lowest BCUT2D eigenvalue weighted by Gasteiger charge is -2.09. The maximum Gasteiger partial charge on any atom is 0.206 e. The van der Waals surface area contributed by atoms with E-state index < -0.39 is 5.78 Å². The molecule has 0 radical (unpaired) electrons. The second-order valence-electron chi connectivity index (χ2n) is 4.95. The third-order valence-corrected chi connectivity index (χ3v) is 3.98. The molecule has 2 aromatic rings. The molecule has 0 saturated carbocycles. The standard InChI is InChI=1S/C19H12Cl2N2O3/c1-25-17-10-12(5-6-16(17)26-8-7-22)9-13(11-23)19(24)18-14(20)3-2-4-15(18)21/h2-6,9-10H,8H2,1H3/b13-9+. The minimum Gasteiger partial charge on any atom is -0.493 e. The molecule has 5 nitrogen and oxygen atoms in total. The number of nitriles is 2. The number of halogens is 2. The summed E-state index contributed by atoms with van der Waals surface area (Å²) in [5.74, 6) is 0.173. The van der Waals surface area contributed by atoms with Gasteiger partial charge in [-0.3, -0.25) is 4.79 Å². The van der Waals surface area contributed by atoms with Crippen molar-refractivity contribution in [2.75, 3.05) is 13.7 Å². The SMILES string of the molecule is COc1cc(/C=C(\C#N)C(=O)c2c(Cl)cccc2Cl)ccc1OCC#N. The Balaban J connectivity index is 2.42. The number of carbonyl (C=O) groups excluding carboxylic acids is 1. The zero-order chi connectivity index (χ0) is 19.1. The molecule has 0 atom stereocenters. The molecule has 0 saturated heterocycles. The zero-order valence-corrected chi connectivity index (χ0v) is 15.1. The number of ketones is 1. The van der Waals surface area contributed by atoms with E-state index in [1.54, 1.807) is 24.3 Å². The smallest absolute Gasteiger partial charge is 0.206 e. The molecule has 26 heavy (non-hydrogen) atoms. The molecular weight excluding hydrogens is 375 g/mol. The third kappa shape index (κ3) is 4.34. The van der Waals surface area contributed by atoms with E-state index in [9.17, 15) is 10.1 Å². The maximum absolute atomic E-state index is 12.6. The number of rotatable bonds is 6. The number of Topliss-reactive ketones (excluding diaryl/α,β-unsaturated/α-hetero) is 1. The average molecular weight is 387 g/mol. The fraction of sp³-hybridized carbons (Fsp3) is 0.105. The Morgan fingerprint density at radius 1 is 1.15 bits per heavy atom. The van der Waals surface area contributed by atoms with Crippen molar-refractivity contribution in [3.05, 3.63) is 63.1 Å². The van der Waals surface area contributed by atoms with E-state index in [2.05, 4.69) is 0 Å². The predicted octanol–water partition coefficient (Wildman–Crippen LogP) is 4.69. The Kier molecular flexibility index (Phi) is 6.63. The van der Waals surface area contributed by atoms with Crippen LogP contribution in [0.4, 0.5) is 0 Å². The summed E-state index contributed by atoms with van der Waals surface area (Å²) >= 11 is 12.1. The Bertz CT molecular complexity index is 936. The lowest BCUT2D eigenvalue weighted by atomic mass is 10.0. The molecule has 0 amide bonds. The highest BCUT2D eigenvalue weighted by molar-refractivity contribution is 6.41. The summed E-state index contributed by atoms with van der Waals surface area (Å²) in [6.45, 7) is -0.127. The van der Waals surface area contributed by atoms with Gasteiger partial charge in [0.2, 0.25) is 5.78 Å². The van der Waals surface area contributed by atoms with Gasteiger partial charge in [-0.25, -0.2) is 0 Å². The highest BCUT2D eigenvalue weighted by Crippen LogP contribution is 2.30. The van der Waals surface area contributed by atoms with Gasteiger partial charge in [0.1, 0.15) is 17.7 Å². The molecule has 0 spiro atoms. The van der Waals surface area contributed by atoms with Crippen LogP contribution in [0, 0.1) is 22.7 Å². The number of allylic oxidation sites excluding steroid dienone is 1. The predicted molar refractivity (Wildman–Crippen MR) is 98.5 cm³/mol. The molecular formula is C19H12Cl2N2O3. The van der Waals surface area contributed by atoms with Gasteiger partial charge in [0, 0.05) is 0 Å². The summed E-state index contributed by atoms with van der Waals surface area (Å²) in [6, 6.07) is 13.2. The minimum absolute atomic E-state index is 0.0737. The molecule has 0 heterocycles. The molecule has 0 fully saturated rings.